The number of anilines is 1. The Morgan fingerprint density at radius 3 is 2.27 bits per heavy atom. The molecule has 52 heavy (non-hydrogen) atoms. The third kappa shape index (κ3) is 8.68. The molecule has 0 saturated heterocycles. The number of hydrogen-bond donors (Lipinski definition) is 2. The zero-order valence-corrected chi connectivity index (χ0v) is 28.5. The highest BCUT2D eigenvalue weighted by molar-refractivity contribution is 6.03. The van der Waals surface area contributed by atoms with Gasteiger partial charge in [-0.05, 0) is 68.1 Å². The highest BCUT2D eigenvalue weighted by atomic mass is 19.4. The molecule has 0 fully saturated rings. The van der Waals surface area contributed by atoms with E-state index in [-0.39, 0.29) is 48.4 Å². The Bertz CT molecular complexity index is 1870. The van der Waals surface area contributed by atoms with Gasteiger partial charge in [-0.2, -0.15) is 22.0 Å². The van der Waals surface area contributed by atoms with Crippen molar-refractivity contribution in [2.45, 2.75) is 44.6 Å². The minimum atomic E-state index is -4.76. The molecule has 14 heteroatoms. The van der Waals surface area contributed by atoms with Gasteiger partial charge < -0.3 is 24.8 Å². The first-order valence-electron chi connectivity index (χ1n) is 16.4. The number of carbonyl (C=O) groups excluding carboxylic acids is 2. The van der Waals surface area contributed by atoms with Gasteiger partial charge in [0.15, 0.2) is 17.3 Å². The molecule has 276 valence electrons. The van der Waals surface area contributed by atoms with Crippen molar-refractivity contribution in [2.24, 2.45) is 5.92 Å². The van der Waals surface area contributed by atoms with E-state index < -0.39 is 53.0 Å². The number of aliphatic hydroxyl groups is 1. The van der Waals surface area contributed by atoms with E-state index in [1.807, 2.05) is 31.0 Å². The molecule has 0 saturated carbocycles. The Kier molecular flexibility index (Phi) is 11.5. The van der Waals surface area contributed by atoms with E-state index >= 15 is 8.78 Å². The molecule has 2 N–H and O–H groups in total. The number of benzene rings is 4. The average Bonchev–Trinajstić information content (AvgIpc) is 3.11. The Morgan fingerprint density at radius 1 is 0.981 bits per heavy atom. The Labute approximate surface area is 296 Å². The topological polar surface area (TPSA) is 91.3 Å². The summed E-state index contributed by atoms with van der Waals surface area (Å²) in [5.74, 6) is -7.15. The molecule has 0 bridgehead atoms. The van der Waals surface area contributed by atoms with Gasteiger partial charge in [0.1, 0.15) is 11.9 Å². The second kappa shape index (κ2) is 15.7. The van der Waals surface area contributed by atoms with Crippen molar-refractivity contribution in [1.29, 1.82) is 0 Å². The number of likely N-dealkylation sites (N-methyl/N-ethyl adjacent to an activating group) is 1. The monoisotopic (exact) mass is 729 g/mol. The normalized spacial score (nSPS) is 17.1. The number of aliphatic hydroxyl groups excluding tert-OH is 1. The molecule has 2 amide bonds. The van der Waals surface area contributed by atoms with Crippen molar-refractivity contribution in [3.8, 4) is 17.2 Å². The van der Waals surface area contributed by atoms with Gasteiger partial charge in [-0.1, -0.05) is 49.4 Å². The maximum Gasteiger partial charge on any atom is 0.416 e. The molecular formula is C38H37F6N3O5. The van der Waals surface area contributed by atoms with Crippen LogP contribution in [0, 0.1) is 11.7 Å². The number of fused-ring (bicyclic) bond motifs is 1. The first-order valence-corrected chi connectivity index (χ1v) is 16.4. The van der Waals surface area contributed by atoms with Gasteiger partial charge in [0.25, 0.3) is 11.8 Å². The van der Waals surface area contributed by atoms with Crippen LogP contribution in [0.15, 0.2) is 91.0 Å². The molecule has 0 aliphatic carbocycles. The lowest BCUT2D eigenvalue weighted by Gasteiger charge is -2.38. The van der Waals surface area contributed by atoms with Crippen molar-refractivity contribution in [3.63, 3.8) is 0 Å². The number of carbonyl (C=O) groups is 2. The molecule has 8 nitrogen and oxygen atoms in total. The van der Waals surface area contributed by atoms with E-state index in [9.17, 15) is 32.3 Å². The van der Waals surface area contributed by atoms with Crippen molar-refractivity contribution in [1.82, 2.24) is 9.80 Å². The summed E-state index contributed by atoms with van der Waals surface area (Å²) in [5.41, 5.74) is -1.52. The molecule has 3 atom stereocenters. The predicted octanol–water partition coefficient (Wildman–Crippen LogP) is 7.72. The van der Waals surface area contributed by atoms with Gasteiger partial charge in [-0.15, -0.1) is 0 Å². The fraction of sp³-hybridized carbons (Fsp3) is 0.316. The predicted molar refractivity (Wildman–Crippen MR) is 181 cm³/mol. The molecule has 5 rings (SSSR count). The van der Waals surface area contributed by atoms with Gasteiger partial charge in [-0.25, -0.2) is 4.39 Å². The Morgan fingerprint density at radius 2 is 1.63 bits per heavy atom. The maximum atomic E-state index is 15.3. The quantitative estimate of drug-likeness (QED) is 0.154. The zero-order valence-electron chi connectivity index (χ0n) is 28.5. The lowest BCUT2D eigenvalue weighted by Crippen LogP contribution is -2.49. The summed E-state index contributed by atoms with van der Waals surface area (Å²) in [4.78, 5) is 30.2. The largest absolute Gasteiger partial charge is 0.486 e. The third-order valence-corrected chi connectivity index (χ3v) is 8.73. The number of amides is 2. The number of alkyl halides is 5. The van der Waals surface area contributed by atoms with Gasteiger partial charge >= 0.3 is 12.1 Å². The second-order valence-corrected chi connectivity index (χ2v) is 12.8. The molecule has 0 aromatic heterocycles. The fourth-order valence-electron chi connectivity index (χ4n) is 5.76. The minimum Gasteiger partial charge on any atom is -0.486 e. The number of ether oxygens (including phenoxy) is 2. The van der Waals surface area contributed by atoms with Gasteiger partial charge in [0.05, 0.1) is 29.5 Å². The van der Waals surface area contributed by atoms with Crippen LogP contribution in [0.2, 0.25) is 0 Å². The molecule has 1 heterocycles. The molecule has 0 unspecified atom stereocenters. The summed E-state index contributed by atoms with van der Waals surface area (Å²) in [7, 11) is 1.83. The molecule has 0 radical (unpaired) electrons. The molecule has 0 spiro atoms. The number of rotatable bonds is 11. The van der Waals surface area contributed by atoms with E-state index in [0.717, 1.165) is 5.56 Å². The van der Waals surface area contributed by atoms with Crippen LogP contribution in [0.4, 0.5) is 32.0 Å². The van der Waals surface area contributed by atoms with Crippen LogP contribution < -0.4 is 14.8 Å². The van der Waals surface area contributed by atoms with Gasteiger partial charge in [-0.3, -0.25) is 14.5 Å². The number of halogens is 6. The van der Waals surface area contributed by atoms with Crippen LogP contribution >= 0.6 is 0 Å². The summed E-state index contributed by atoms with van der Waals surface area (Å²) < 4.78 is 95.8. The van der Waals surface area contributed by atoms with E-state index in [4.69, 9.17) is 9.47 Å². The maximum absolute atomic E-state index is 15.3. The highest BCUT2D eigenvalue weighted by Crippen LogP contribution is 2.38. The summed E-state index contributed by atoms with van der Waals surface area (Å²) in [6, 6.07) is 18.5. The molecule has 1 aliphatic rings. The minimum absolute atomic E-state index is 0.0408. The summed E-state index contributed by atoms with van der Waals surface area (Å²) in [5, 5.41) is 12.1. The van der Waals surface area contributed by atoms with Crippen molar-refractivity contribution in [3.05, 3.63) is 119 Å². The van der Waals surface area contributed by atoms with Crippen LogP contribution in [-0.4, -0.2) is 65.6 Å². The lowest BCUT2D eigenvalue weighted by atomic mass is 9.98. The Balaban J connectivity index is 1.38. The van der Waals surface area contributed by atoms with Crippen molar-refractivity contribution < 1.29 is 50.5 Å². The summed E-state index contributed by atoms with van der Waals surface area (Å²) in [6.07, 6.45) is -5.42. The van der Waals surface area contributed by atoms with Crippen LogP contribution in [0.1, 0.15) is 40.9 Å². The number of nitrogens with zero attached hydrogens (tertiary/aromatic N) is 2. The number of nitrogens with one attached hydrogen (secondary N) is 1. The Hall–Kier alpha value is -5.08. The zero-order chi connectivity index (χ0) is 37.8. The SMILES string of the molecule is C[C@@H]1CN([C@@H](C)CO)C(=O)c2cccc(NC(=O)C(F)(F)c3ccc(C(F)(F)F)cc3)c2O[C@@H]1CN(C)Cc1ccc(Oc2ccccc2F)cc1. The molecular weight excluding hydrogens is 692 g/mol. The van der Waals surface area contributed by atoms with Crippen LogP contribution in [0.25, 0.3) is 0 Å². The lowest BCUT2D eigenvalue weighted by molar-refractivity contribution is -0.141. The van der Waals surface area contributed by atoms with Crippen LogP contribution in [0.3, 0.4) is 0 Å². The fourth-order valence-corrected chi connectivity index (χ4v) is 5.76. The first kappa shape index (κ1) is 38.2. The third-order valence-electron chi connectivity index (χ3n) is 8.73. The summed E-state index contributed by atoms with van der Waals surface area (Å²) >= 11 is 0. The van der Waals surface area contributed by atoms with Gasteiger partial charge in [0, 0.05) is 31.1 Å². The molecule has 1 aliphatic heterocycles. The standard InChI is InChI=1S/C38H37F6N3O5/c1-23-19-47(24(2)22-48)35(49)29-7-6-9-31(45-36(50)37(40,41)26-13-15-27(16-14-26)38(42,43)44)34(29)52-33(23)21-46(3)20-25-11-17-28(18-12-25)51-32-10-5-4-8-30(32)39/h4-18,23-24,33,48H,19-22H2,1-3H3,(H,45,50)/t23-,24+,33-/m1/s1. The van der Waals surface area contributed by atoms with E-state index in [0.29, 0.717) is 36.6 Å². The van der Waals surface area contributed by atoms with Crippen molar-refractivity contribution >= 4 is 17.5 Å². The van der Waals surface area contributed by atoms with E-state index in [2.05, 4.69) is 5.32 Å². The van der Waals surface area contributed by atoms with Crippen molar-refractivity contribution in [2.75, 3.05) is 32.1 Å². The van der Waals surface area contributed by atoms with Crippen LogP contribution in [0.5, 0.6) is 17.2 Å². The van der Waals surface area contributed by atoms with Crippen LogP contribution in [-0.2, 0) is 23.4 Å². The summed E-state index contributed by atoms with van der Waals surface area (Å²) in [6.45, 7) is 4.02. The average molecular weight is 730 g/mol. The number of para-hydroxylation sites is 2. The molecule has 4 aromatic carbocycles. The highest BCUT2D eigenvalue weighted by Gasteiger charge is 2.43. The molecule has 4 aromatic rings. The first-order chi connectivity index (χ1) is 24.6. The van der Waals surface area contributed by atoms with E-state index in [1.165, 1.54) is 35.2 Å². The second-order valence-electron chi connectivity index (χ2n) is 12.8. The number of hydrogen-bond acceptors (Lipinski definition) is 6. The van der Waals surface area contributed by atoms with Gasteiger partial charge in [0.2, 0.25) is 0 Å². The smallest absolute Gasteiger partial charge is 0.416 e. The van der Waals surface area contributed by atoms with E-state index in [1.54, 1.807) is 31.2 Å².